The predicted octanol–water partition coefficient (Wildman–Crippen LogP) is 6.76. The van der Waals surface area contributed by atoms with E-state index in [2.05, 4.69) is 57.0 Å². The molecule has 5 aliphatic rings. The van der Waals surface area contributed by atoms with E-state index in [9.17, 15) is 24.4 Å². The lowest BCUT2D eigenvalue weighted by molar-refractivity contribution is -0.136. The fourth-order valence-corrected chi connectivity index (χ4v) is 10.6. The summed E-state index contributed by atoms with van der Waals surface area (Å²) in [7, 11) is 0. The van der Waals surface area contributed by atoms with Crippen molar-refractivity contribution in [3.8, 4) is 11.8 Å². The number of hydrogen-bond acceptors (Lipinski definition) is 11. The highest BCUT2D eigenvalue weighted by molar-refractivity contribution is 6.30. The van der Waals surface area contributed by atoms with E-state index in [0.29, 0.717) is 40.2 Å². The highest BCUT2D eigenvalue weighted by atomic mass is 35.5. The van der Waals surface area contributed by atoms with Crippen LogP contribution in [0.3, 0.4) is 0 Å². The van der Waals surface area contributed by atoms with Gasteiger partial charge in [0.05, 0.1) is 28.5 Å². The van der Waals surface area contributed by atoms with Crippen LogP contribution in [0.5, 0.6) is 5.75 Å². The van der Waals surface area contributed by atoms with Crippen LogP contribution in [0.15, 0.2) is 72.9 Å². The smallest absolute Gasteiger partial charge is 0.262 e. The molecule has 4 amide bonds. The summed E-state index contributed by atoms with van der Waals surface area (Å²) in [5, 5.41) is 12.2. The van der Waals surface area contributed by atoms with E-state index >= 15 is 0 Å². The molecule has 4 saturated heterocycles. The number of rotatable bonds is 11. The molecule has 0 aliphatic carbocycles. The van der Waals surface area contributed by atoms with Crippen LogP contribution >= 0.6 is 11.6 Å². The summed E-state index contributed by atoms with van der Waals surface area (Å²) in [5.41, 5.74) is 4.68. The summed E-state index contributed by atoms with van der Waals surface area (Å²) < 4.78 is 6.16. The number of amides is 4. The number of likely N-dealkylation sites (tertiary alicyclic amines) is 1. The Bertz CT molecular complexity index is 2450. The lowest BCUT2D eigenvalue weighted by Gasteiger charge is -2.40. The minimum atomic E-state index is -0.961. The fourth-order valence-electron chi connectivity index (χ4n) is 10.3. The predicted molar refractivity (Wildman–Crippen MR) is 239 cm³/mol. The topological polar surface area (TPSA) is 152 Å². The van der Waals surface area contributed by atoms with Crippen molar-refractivity contribution in [2.75, 3.05) is 55.6 Å². The first-order valence-electron chi connectivity index (χ1n) is 22.3. The number of halogens is 1. The summed E-state index contributed by atoms with van der Waals surface area (Å²) in [5.74, 6) is 1.56. The molecule has 6 heterocycles. The monoisotopic (exact) mass is 868 g/mol. The number of benzene rings is 3. The van der Waals surface area contributed by atoms with E-state index in [1.807, 2.05) is 42.6 Å². The molecule has 1 N–H and O–H groups in total. The van der Waals surface area contributed by atoms with Gasteiger partial charge < -0.3 is 19.4 Å². The first kappa shape index (κ1) is 42.5. The Balaban J connectivity index is 0.711. The second-order valence-electron chi connectivity index (χ2n) is 18.4. The van der Waals surface area contributed by atoms with Crippen molar-refractivity contribution in [3.63, 3.8) is 0 Å². The van der Waals surface area contributed by atoms with Crippen LogP contribution in [0, 0.1) is 29.1 Å². The van der Waals surface area contributed by atoms with Crippen LogP contribution in [0.2, 0.25) is 5.02 Å². The van der Waals surface area contributed by atoms with Crippen molar-refractivity contribution in [2.45, 2.75) is 76.9 Å². The van der Waals surface area contributed by atoms with Gasteiger partial charge in [0.15, 0.2) is 0 Å². The van der Waals surface area contributed by atoms with Crippen molar-refractivity contribution in [3.05, 3.63) is 111 Å². The minimum Gasteiger partial charge on any atom is -0.487 e. The third kappa shape index (κ3) is 8.89. The largest absolute Gasteiger partial charge is 0.487 e. The zero-order valence-corrected chi connectivity index (χ0v) is 36.6. The molecule has 0 saturated carbocycles. The molecular weight excluding hydrogens is 816 g/mol. The lowest BCUT2D eigenvalue weighted by atomic mass is 9.78. The number of nitrogens with zero attached hydrogens (tertiary/aromatic N) is 7. The van der Waals surface area contributed by atoms with Crippen molar-refractivity contribution in [1.82, 2.24) is 25.1 Å². The van der Waals surface area contributed by atoms with Crippen LogP contribution in [-0.4, -0.2) is 95.3 Å². The van der Waals surface area contributed by atoms with Crippen molar-refractivity contribution in [2.24, 2.45) is 17.8 Å². The van der Waals surface area contributed by atoms with Gasteiger partial charge in [0.25, 0.3) is 11.8 Å². The van der Waals surface area contributed by atoms with E-state index < -0.39 is 23.8 Å². The van der Waals surface area contributed by atoms with Gasteiger partial charge in [0, 0.05) is 61.5 Å². The fraction of sp³-hybridized carbons (Fsp3) is 0.449. The number of fused-ring (bicyclic) bond motifs is 1. The maximum atomic E-state index is 13.4. The van der Waals surface area contributed by atoms with Gasteiger partial charge in [-0.15, -0.1) is 0 Å². The van der Waals surface area contributed by atoms with E-state index in [0.717, 1.165) is 110 Å². The van der Waals surface area contributed by atoms with Gasteiger partial charge in [-0.05, 0) is 135 Å². The highest BCUT2D eigenvalue weighted by Gasteiger charge is 2.45. The minimum absolute atomic E-state index is 0.102. The molecule has 326 valence electrons. The van der Waals surface area contributed by atoms with Gasteiger partial charge in [0.2, 0.25) is 17.8 Å². The molecule has 13 nitrogen and oxygen atoms in total. The number of nitrogens with one attached hydrogen (secondary N) is 1. The van der Waals surface area contributed by atoms with Crippen LogP contribution in [0.4, 0.5) is 11.6 Å². The molecule has 5 aliphatic heterocycles. The summed E-state index contributed by atoms with van der Waals surface area (Å²) in [6.07, 6.45) is 7.87. The SMILES string of the molecule is CC(C)(c1ccc(OCc2ccnc(N3CCC(C4CCN(CC5CCN(c6ccc7c(c6)C(=O)N(C6CCC(=O)NC6=O)C7=O)C5)CC4)CC3)n2)cc1)c1cc(Cl)cc(C#N)c1. The van der Waals surface area contributed by atoms with E-state index in [1.54, 1.807) is 18.2 Å². The Morgan fingerprint density at radius 2 is 1.52 bits per heavy atom. The average Bonchev–Trinajstić information content (AvgIpc) is 3.86. The van der Waals surface area contributed by atoms with Crippen LogP contribution in [0.25, 0.3) is 0 Å². The third-order valence-electron chi connectivity index (χ3n) is 14.1. The summed E-state index contributed by atoms with van der Waals surface area (Å²) in [4.78, 5) is 68.5. The standard InChI is InChI=1S/C49H53ClN8O5/c1-49(2,36-23-32(27-51)24-37(50)25-36)35-3-6-40(7-4-35)63-30-38-11-17-52-48(53-38)56-21-15-34(16-22-56)33-13-18-55(19-14-33)28-31-12-20-57(29-31)39-5-8-41-42(26-39)47(62)58(46(41)61)43-9-10-44(59)54-45(43)60/h3-8,11,17,23-26,31,33-34,43H,9-10,12-16,18-22,28-30H2,1-2H3,(H,54,59,60). The molecule has 1 aromatic heterocycles. The maximum absolute atomic E-state index is 13.4. The number of carbonyl (C=O) groups is 4. The summed E-state index contributed by atoms with van der Waals surface area (Å²) in [6.45, 7) is 11.6. The number of hydrogen-bond donors (Lipinski definition) is 1. The molecular formula is C49H53ClN8O5. The average molecular weight is 869 g/mol. The lowest BCUT2D eigenvalue weighted by Crippen LogP contribution is -2.54. The zero-order valence-electron chi connectivity index (χ0n) is 35.9. The molecule has 2 unspecified atom stereocenters. The molecule has 63 heavy (non-hydrogen) atoms. The van der Waals surface area contributed by atoms with Crippen LogP contribution < -0.4 is 19.9 Å². The maximum Gasteiger partial charge on any atom is 0.262 e. The van der Waals surface area contributed by atoms with Gasteiger partial charge in [-0.2, -0.15) is 5.26 Å². The van der Waals surface area contributed by atoms with Gasteiger partial charge in [-0.3, -0.25) is 29.4 Å². The van der Waals surface area contributed by atoms with Crippen molar-refractivity contribution in [1.29, 1.82) is 5.26 Å². The molecule has 4 fully saturated rings. The molecule has 3 aromatic carbocycles. The zero-order chi connectivity index (χ0) is 43.8. The quantitative estimate of drug-likeness (QED) is 0.159. The van der Waals surface area contributed by atoms with Crippen molar-refractivity contribution < 1.29 is 23.9 Å². The Kier molecular flexibility index (Phi) is 12.0. The van der Waals surface area contributed by atoms with Crippen LogP contribution in [0.1, 0.15) is 102 Å². The summed E-state index contributed by atoms with van der Waals surface area (Å²) >= 11 is 6.31. The molecule has 9 rings (SSSR count). The second-order valence-corrected chi connectivity index (χ2v) is 18.8. The first-order chi connectivity index (χ1) is 30.4. The van der Waals surface area contributed by atoms with Gasteiger partial charge in [0.1, 0.15) is 18.4 Å². The third-order valence-corrected chi connectivity index (χ3v) is 14.3. The normalized spacial score (nSPS) is 21.5. The van der Waals surface area contributed by atoms with Gasteiger partial charge >= 0.3 is 0 Å². The number of nitriles is 1. The Morgan fingerprint density at radius 3 is 2.25 bits per heavy atom. The number of anilines is 2. The molecule has 2 atom stereocenters. The highest BCUT2D eigenvalue weighted by Crippen LogP contribution is 2.37. The molecule has 4 aromatic rings. The Morgan fingerprint density at radius 1 is 0.810 bits per heavy atom. The number of piperidine rings is 3. The molecule has 14 heteroatoms. The van der Waals surface area contributed by atoms with E-state index in [1.165, 1.54) is 12.8 Å². The number of aromatic nitrogens is 2. The van der Waals surface area contributed by atoms with E-state index in [-0.39, 0.29) is 24.2 Å². The molecule has 0 bridgehead atoms. The number of ether oxygens (including phenoxy) is 1. The molecule has 0 spiro atoms. The van der Waals surface area contributed by atoms with Crippen molar-refractivity contribution >= 4 is 46.9 Å². The number of imide groups is 2. The summed E-state index contributed by atoms with van der Waals surface area (Å²) in [6, 6.07) is 22.1. The number of carbonyl (C=O) groups excluding carboxylic acids is 4. The second kappa shape index (κ2) is 17.7. The Hall–Kier alpha value is -5.84. The van der Waals surface area contributed by atoms with E-state index in [4.69, 9.17) is 21.3 Å². The Labute approximate surface area is 373 Å². The van der Waals surface area contributed by atoms with Gasteiger partial charge in [-0.25, -0.2) is 9.97 Å². The van der Waals surface area contributed by atoms with Gasteiger partial charge in [-0.1, -0.05) is 37.6 Å². The first-order valence-corrected chi connectivity index (χ1v) is 22.7. The molecule has 0 radical (unpaired) electrons. The van der Waals surface area contributed by atoms with Crippen LogP contribution in [-0.2, 0) is 21.6 Å².